The van der Waals surface area contributed by atoms with E-state index in [1.807, 2.05) is 53.4 Å². The number of hydrogen-bond donors (Lipinski definition) is 1. The van der Waals surface area contributed by atoms with Gasteiger partial charge in [-0.1, -0.05) is 18.2 Å². The van der Waals surface area contributed by atoms with Crippen molar-refractivity contribution in [2.24, 2.45) is 0 Å². The van der Waals surface area contributed by atoms with E-state index in [0.29, 0.717) is 13.0 Å². The maximum Gasteiger partial charge on any atom is 0.226 e. The fourth-order valence-electron chi connectivity index (χ4n) is 2.24. The predicted octanol–water partition coefficient (Wildman–Crippen LogP) is 2.92. The number of carbonyl (C=O) groups excluding carboxylic acids is 1. The Bertz CT molecular complexity index is 747. The lowest BCUT2D eigenvalue weighted by molar-refractivity contribution is -0.120. The van der Waals surface area contributed by atoms with Crippen molar-refractivity contribution < 1.29 is 4.79 Å². The molecule has 0 saturated carbocycles. The van der Waals surface area contributed by atoms with Crippen molar-refractivity contribution in [1.82, 2.24) is 14.7 Å². The molecule has 3 aromatic rings. The molecule has 1 amide bonds. The van der Waals surface area contributed by atoms with Crippen LogP contribution in [0.2, 0.25) is 0 Å². The molecule has 22 heavy (non-hydrogen) atoms. The summed E-state index contributed by atoms with van der Waals surface area (Å²) < 4.78 is 1.92. The number of nitrogens with one attached hydrogen (secondary N) is 1. The minimum absolute atomic E-state index is 0.0163. The maximum absolute atomic E-state index is 12.0. The average Bonchev–Trinajstić information content (AvgIpc) is 2.95. The first kappa shape index (κ1) is 14.7. The smallest absolute Gasteiger partial charge is 0.226 e. The highest BCUT2D eigenvalue weighted by Gasteiger charge is 2.07. The SMILES string of the molecule is CSc1ccc(CNC(=O)Cc2cn3ccccc3n2)cc1. The molecule has 0 spiro atoms. The minimum atomic E-state index is -0.0163. The van der Waals surface area contributed by atoms with Crippen LogP contribution in [0.3, 0.4) is 0 Å². The molecule has 0 unspecified atom stereocenters. The monoisotopic (exact) mass is 311 g/mol. The zero-order valence-electron chi connectivity index (χ0n) is 12.3. The van der Waals surface area contributed by atoms with E-state index in [2.05, 4.69) is 22.4 Å². The lowest BCUT2D eigenvalue weighted by atomic mass is 10.2. The van der Waals surface area contributed by atoms with Crippen molar-refractivity contribution >= 4 is 23.3 Å². The quantitative estimate of drug-likeness (QED) is 0.737. The summed E-state index contributed by atoms with van der Waals surface area (Å²) in [6.07, 6.45) is 6.16. The van der Waals surface area contributed by atoms with Crippen molar-refractivity contribution in [3.8, 4) is 0 Å². The van der Waals surface area contributed by atoms with Crippen molar-refractivity contribution in [2.45, 2.75) is 17.9 Å². The van der Waals surface area contributed by atoms with E-state index in [-0.39, 0.29) is 5.91 Å². The third kappa shape index (κ3) is 3.49. The second kappa shape index (κ2) is 6.66. The van der Waals surface area contributed by atoms with Crippen molar-refractivity contribution in [3.63, 3.8) is 0 Å². The fraction of sp³-hybridized carbons (Fsp3) is 0.176. The number of pyridine rings is 1. The summed E-state index contributed by atoms with van der Waals surface area (Å²) in [7, 11) is 0. The van der Waals surface area contributed by atoms with Gasteiger partial charge in [0.1, 0.15) is 5.65 Å². The Kier molecular flexibility index (Phi) is 4.44. The van der Waals surface area contributed by atoms with Gasteiger partial charge in [0.2, 0.25) is 5.91 Å². The number of imidazole rings is 1. The van der Waals surface area contributed by atoms with Crippen LogP contribution in [-0.4, -0.2) is 21.5 Å². The molecule has 0 aliphatic rings. The van der Waals surface area contributed by atoms with Crippen LogP contribution in [0.5, 0.6) is 0 Å². The van der Waals surface area contributed by atoms with Gasteiger partial charge in [-0.2, -0.15) is 0 Å². The number of nitrogens with zero attached hydrogens (tertiary/aromatic N) is 2. The van der Waals surface area contributed by atoms with Crippen LogP contribution in [-0.2, 0) is 17.8 Å². The van der Waals surface area contributed by atoms with Gasteiger partial charge < -0.3 is 9.72 Å². The summed E-state index contributed by atoms with van der Waals surface area (Å²) in [5, 5.41) is 2.93. The molecule has 0 aliphatic carbocycles. The lowest BCUT2D eigenvalue weighted by Gasteiger charge is -2.05. The van der Waals surface area contributed by atoms with Crippen LogP contribution in [0.15, 0.2) is 59.8 Å². The van der Waals surface area contributed by atoms with E-state index in [0.717, 1.165) is 16.9 Å². The second-order valence-corrected chi connectivity index (χ2v) is 5.88. The number of rotatable bonds is 5. The average molecular weight is 311 g/mol. The van der Waals surface area contributed by atoms with Crippen LogP contribution in [0.1, 0.15) is 11.3 Å². The topological polar surface area (TPSA) is 46.4 Å². The Balaban J connectivity index is 1.57. The predicted molar refractivity (Wildman–Crippen MR) is 89.0 cm³/mol. The number of thioether (sulfide) groups is 1. The number of fused-ring (bicyclic) bond motifs is 1. The Hall–Kier alpha value is -2.27. The van der Waals surface area contributed by atoms with Gasteiger partial charge in [0, 0.05) is 23.8 Å². The highest BCUT2D eigenvalue weighted by Crippen LogP contribution is 2.14. The molecule has 0 fully saturated rings. The third-order valence-corrected chi connectivity index (χ3v) is 4.15. The Morgan fingerprint density at radius 2 is 2.05 bits per heavy atom. The summed E-state index contributed by atoms with van der Waals surface area (Å²) in [5.41, 5.74) is 2.74. The third-order valence-electron chi connectivity index (χ3n) is 3.40. The normalized spacial score (nSPS) is 10.8. The minimum Gasteiger partial charge on any atom is -0.352 e. The molecule has 1 aromatic carbocycles. The Labute approximate surface area is 133 Å². The molecule has 0 saturated heterocycles. The number of hydrogen-bond acceptors (Lipinski definition) is 3. The van der Waals surface area contributed by atoms with Crippen molar-refractivity contribution in [1.29, 1.82) is 0 Å². The van der Waals surface area contributed by atoms with Gasteiger partial charge in [-0.05, 0) is 36.1 Å². The Morgan fingerprint density at radius 1 is 1.23 bits per heavy atom. The lowest BCUT2D eigenvalue weighted by Crippen LogP contribution is -2.24. The van der Waals surface area contributed by atoms with Gasteiger partial charge >= 0.3 is 0 Å². The standard InChI is InChI=1S/C17H17N3OS/c1-22-15-7-5-13(6-8-15)11-18-17(21)10-14-12-20-9-3-2-4-16(20)19-14/h2-9,12H,10-11H2,1H3,(H,18,21). The molecule has 112 valence electrons. The summed E-state index contributed by atoms with van der Waals surface area (Å²) in [4.78, 5) is 17.7. The molecular formula is C17H17N3OS. The number of benzene rings is 1. The van der Waals surface area contributed by atoms with E-state index in [4.69, 9.17) is 0 Å². The summed E-state index contributed by atoms with van der Waals surface area (Å²) in [6.45, 7) is 0.543. The summed E-state index contributed by atoms with van der Waals surface area (Å²) in [5.74, 6) is -0.0163. The molecule has 3 rings (SSSR count). The van der Waals surface area contributed by atoms with Gasteiger partial charge in [-0.25, -0.2) is 4.98 Å². The van der Waals surface area contributed by atoms with Gasteiger partial charge in [0.25, 0.3) is 0 Å². The van der Waals surface area contributed by atoms with E-state index in [1.54, 1.807) is 11.8 Å². The molecule has 2 heterocycles. The van der Waals surface area contributed by atoms with Gasteiger partial charge in [0.15, 0.2) is 0 Å². The molecule has 0 bridgehead atoms. The highest BCUT2D eigenvalue weighted by atomic mass is 32.2. The fourth-order valence-corrected chi connectivity index (χ4v) is 2.65. The van der Waals surface area contributed by atoms with Crippen LogP contribution in [0.25, 0.3) is 5.65 Å². The first-order valence-electron chi connectivity index (χ1n) is 7.07. The number of aromatic nitrogens is 2. The van der Waals surface area contributed by atoms with Crippen LogP contribution >= 0.6 is 11.8 Å². The summed E-state index contributed by atoms with van der Waals surface area (Å²) >= 11 is 1.71. The van der Waals surface area contributed by atoms with Crippen LogP contribution in [0.4, 0.5) is 0 Å². The molecule has 1 N–H and O–H groups in total. The zero-order valence-corrected chi connectivity index (χ0v) is 13.1. The summed E-state index contributed by atoms with van der Waals surface area (Å²) in [6, 6.07) is 14.0. The second-order valence-electron chi connectivity index (χ2n) is 5.00. The largest absolute Gasteiger partial charge is 0.352 e. The van der Waals surface area contributed by atoms with E-state index < -0.39 is 0 Å². The van der Waals surface area contributed by atoms with Crippen LogP contribution in [0, 0.1) is 0 Å². The maximum atomic E-state index is 12.0. The molecule has 4 nitrogen and oxygen atoms in total. The number of amides is 1. The van der Waals surface area contributed by atoms with Gasteiger partial charge in [0.05, 0.1) is 12.1 Å². The van der Waals surface area contributed by atoms with Gasteiger partial charge in [-0.15, -0.1) is 11.8 Å². The molecule has 5 heteroatoms. The van der Waals surface area contributed by atoms with E-state index in [1.165, 1.54) is 4.90 Å². The number of carbonyl (C=O) groups is 1. The van der Waals surface area contributed by atoms with Crippen LogP contribution < -0.4 is 5.32 Å². The zero-order chi connectivity index (χ0) is 15.4. The first-order valence-corrected chi connectivity index (χ1v) is 8.29. The Morgan fingerprint density at radius 3 is 2.77 bits per heavy atom. The first-order chi connectivity index (χ1) is 10.7. The molecule has 0 radical (unpaired) electrons. The van der Waals surface area contributed by atoms with Gasteiger partial charge in [-0.3, -0.25) is 4.79 Å². The highest BCUT2D eigenvalue weighted by molar-refractivity contribution is 7.98. The molecule has 0 aliphatic heterocycles. The van der Waals surface area contributed by atoms with Crippen molar-refractivity contribution in [3.05, 3.63) is 66.1 Å². The van der Waals surface area contributed by atoms with Crippen molar-refractivity contribution in [2.75, 3.05) is 6.26 Å². The molecule has 2 aromatic heterocycles. The van der Waals surface area contributed by atoms with E-state index in [9.17, 15) is 4.79 Å². The van der Waals surface area contributed by atoms with E-state index >= 15 is 0 Å². The molecule has 0 atom stereocenters. The molecular weight excluding hydrogens is 294 g/mol.